The van der Waals surface area contributed by atoms with Gasteiger partial charge in [-0.25, -0.2) is 0 Å². The van der Waals surface area contributed by atoms with Crippen LogP contribution in [0.5, 0.6) is 0 Å². The first-order chi connectivity index (χ1) is 8.33. The fourth-order valence-corrected chi connectivity index (χ4v) is 2.32. The van der Waals surface area contributed by atoms with Gasteiger partial charge in [-0.3, -0.25) is 0 Å². The topological polar surface area (TPSA) is 43.1 Å². The Morgan fingerprint density at radius 2 is 1.94 bits per heavy atom. The Morgan fingerprint density at radius 1 is 1.12 bits per heavy atom. The summed E-state index contributed by atoms with van der Waals surface area (Å²) in [5.41, 5.74) is 1.16. The van der Waals surface area contributed by atoms with Gasteiger partial charge in [0.15, 0.2) is 5.82 Å². The number of aryl methyl sites for hydroxylation is 1. The molecule has 17 heavy (non-hydrogen) atoms. The van der Waals surface area contributed by atoms with Gasteiger partial charge in [-0.2, -0.15) is 9.61 Å². The van der Waals surface area contributed by atoms with Crippen LogP contribution in [0, 0.1) is 6.92 Å². The van der Waals surface area contributed by atoms with E-state index in [2.05, 4.69) is 27.4 Å². The number of fused-ring (bicyclic) bond motifs is 1. The van der Waals surface area contributed by atoms with Crippen LogP contribution < -0.4 is 0 Å². The van der Waals surface area contributed by atoms with Gasteiger partial charge in [-0.05, 0) is 18.6 Å². The molecule has 0 fully saturated rings. The molecule has 1 aromatic carbocycles. The molecular formula is C12H10N4S. The lowest BCUT2D eigenvalue weighted by Crippen LogP contribution is -1.87. The van der Waals surface area contributed by atoms with Crippen LogP contribution in [-0.2, 0) is 0 Å². The molecule has 2 aromatic heterocycles. The van der Waals surface area contributed by atoms with Crippen LogP contribution in [0.25, 0.3) is 17.1 Å². The molecule has 3 rings (SSSR count). The summed E-state index contributed by atoms with van der Waals surface area (Å²) in [5.74, 6) is 0.815. The molecule has 4 nitrogen and oxygen atoms in total. The SMILES string of the molecule is Cc1nnc2sc(/C=C\c3ccccc3)nn12. The van der Waals surface area contributed by atoms with E-state index in [-0.39, 0.29) is 0 Å². The Kier molecular flexibility index (Phi) is 2.45. The second kappa shape index (κ2) is 4.10. The first-order valence-electron chi connectivity index (χ1n) is 5.25. The first kappa shape index (κ1) is 10.2. The summed E-state index contributed by atoms with van der Waals surface area (Å²) in [5, 5.41) is 13.3. The van der Waals surface area contributed by atoms with Crippen molar-refractivity contribution in [3.05, 3.63) is 46.7 Å². The van der Waals surface area contributed by atoms with Crippen molar-refractivity contribution in [2.45, 2.75) is 6.92 Å². The Bertz CT molecular complexity index is 666. The number of hydrogen-bond donors (Lipinski definition) is 0. The summed E-state index contributed by atoms with van der Waals surface area (Å²) in [6.07, 6.45) is 4.04. The maximum Gasteiger partial charge on any atom is 0.234 e. The van der Waals surface area contributed by atoms with E-state index >= 15 is 0 Å². The minimum atomic E-state index is 0.815. The number of hydrogen-bond acceptors (Lipinski definition) is 4. The van der Waals surface area contributed by atoms with E-state index in [9.17, 15) is 0 Å². The molecule has 2 heterocycles. The molecule has 0 saturated carbocycles. The maximum atomic E-state index is 4.41. The van der Waals surface area contributed by atoms with Crippen molar-refractivity contribution in [3.63, 3.8) is 0 Å². The molecule has 0 amide bonds. The molecule has 0 aliphatic heterocycles. The zero-order valence-electron chi connectivity index (χ0n) is 9.24. The smallest absolute Gasteiger partial charge is 0.187 e. The van der Waals surface area contributed by atoms with Crippen molar-refractivity contribution < 1.29 is 0 Å². The second-order valence-corrected chi connectivity index (χ2v) is 4.61. The highest BCUT2D eigenvalue weighted by molar-refractivity contribution is 7.17. The van der Waals surface area contributed by atoms with Gasteiger partial charge in [0.25, 0.3) is 0 Å². The van der Waals surface area contributed by atoms with Crippen molar-refractivity contribution in [1.29, 1.82) is 0 Å². The van der Waals surface area contributed by atoms with E-state index in [0.29, 0.717) is 0 Å². The Balaban J connectivity index is 1.92. The van der Waals surface area contributed by atoms with Crippen molar-refractivity contribution in [3.8, 4) is 0 Å². The van der Waals surface area contributed by atoms with Gasteiger partial charge in [-0.1, -0.05) is 47.7 Å². The third-order valence-electron chi connectivity index (χ3n) is 2.38. The summed E-state index contributed by atoms with van der Waals surface area (Å²) in [4.78, 5) is 0.829. The molecular weight excluding hydrogens is 232 g/mol. The molecule has 5 heteroatoms. The van der Waals surface area contributed by atoms with Gasteiger partial charge < -0.3 is 0 Å². The molecule has 0 spiro atoms. The van der Waals surface area contributed by atoms with Crippen LogP contribution in [-0.4, -0.2) is 19.8 Å². The highest BCUT2D eigenvalue weighted by Gasteiger charge is 2.05. The predicted octanol–water partition coefficient (Wildman–Crippen LogP) is 2.66. The molecule has 0 N–H and O–H groups in total. The minimum absolute atomic E-state index is 0.815. The minimum Gasteiger partial charge on any atom is -0.187 e. The van der Waals surface area contributed by atoms with Crippen molar-refractivity contribution in [2.24, 2.45) is 0 Å². The van der Waals surface area contributed by atoms with Gasteiger partial charge in [0.1, 0.15) is 5.01 Å². The van der Waals surface area contributed by atoms with Crippen LogP contribution in [0.1, 0.15) is 16.4 Å². The monoisotopic (exact) mass is 242 g/mol. The molecule has 84 valence electrons. The molecule has 0 radical (unpaired) electrons. The van der Waals surface area contributed by atoms with Crippen LogP contribution >= 0.6 is 11.3 Å². The molecule has 0 saturated heterocycles. The van der Waals surface area contributed by atoms with E-state index < -0.39 is 0 Å². The average molecular weight is 242 g/mol. The summed E-state index contributed by atoms with van der Waals surface area (Å²) < 4.78 is 1.76. The lowest BCUT2D eigenvalue weighted by molar-refractivity contribution is 0.890. The Morgan fingerprint density at radius 3 is 2.71 bits per heavy atom. The second-order valence-electron chi connectivity index (χ2n) is 3.63. The van der Waals surface area contributed by atoms with Gasteiger partial charge >= 0.3 is 0 Å². The fourth-order valence-electron chi connectivity index (χ4n) is 1.53. The van der Waals surface area contributed by atoms with Gasteiger partial charge in [0.2, 0.25) is 4.96 Å². The van der Waals surface area contributed by atoms with Crippen LogP contribution in [0.15, 0.2) is 30.3 Å². The quantitative estimate of drug-likeness (QED) is 0.694. The molecule has 0 bridgehead atoms. The zero-order valence-corrected chi connectivity index (χ0v) is 10.1. The highest BCUT2D eigenvalue weighted by Crippen LogP contribution is 2.16. The molecule has 0 aliphatic rings. The fraction of sp³-hybridized carbons (Fsp3) is 0.0833. The van der Waals surface area contributed by atoms with E-state index in [1.54, 1.807) is 4.52 Å². The third kappa shape index (κ3) is 1.97. The summed E-state index contributed by atoms with van der Waals surface area (Å²) >= 11 is 1.53. The lowest BCUT2D eigenvalue weighted by Gasteiger charge is -1.89. The number of nitrogens with zero attached hydrogens (tertiary/aromatic N) is 4. The third-order valence-corrected chi connectivity index (χ3v) is 3.24. The maximum absolute atomic E-state index is 4.41. The van der Waals surface area contributed by atoms with Crippen molar-refractivity contribution in [1.82, 2.24) is 19.8 Å². The molecule has 0 aliphatic carbocycles. The van der Waals surface area contributed by atoms with Crippen molar-refractivity contribution in [2.75, 3.05) is 0 Å². The average Bonchev–Trinajstić information content (AvgIpc) is 2.91. The largest absolute Gasteiger partial charge is 0.234 e. The normalized spacial score (nSPS) is 11.6. The molecule has 3 aromatic rings. The van der Waals surface area contributed by atoms with Gasteiger partial charge in [0.05, 0.1) is 0 Å². The highest BCUT2D eigenvalue weighted by atomic mass is 32.1. The predicted molar refractivity (Wildman–Crippen MR) is 68.8 cm³/mol. The van der Waals surface area contributed by atoms with Crippen LogP contribution in [0.3, 0.4) is 0 Å². The van der Waals surface area contributed by atoms with Crippen LogP contribution in [0.4, 0.5) is 0 Å². The zero-order chi connectivity index (χ0) is 11.7. The van der Waals surface area contributed by atoms with Gasteiger partial charge in [-0.15, -0.1) is 10.2 Å². The standard InChI is InChI=1S/C12H10N4S/c1-9-13-14-12-16(9)15-11(17-12)8-7-10-5-3-2-4-6-10/h2-8H,1H3/b8-7-. The Hall–Kier alpha value is -2.01. The van der Waals surface area contributed by atoms with E-state index in [4.69, 9.17) is 0 Å². The van der Waals surface area contributed by atoms with E-state index in [0.717, 1.165) is 21.4 Å². The lowest BCUT2D eigenvalue weighted by atomic mass is 10.2. The van der Waals surface area contributed by atoms with Crippen LogP contribution in [0.2, 0.25) is 0 Å². The Labute approximate surface area is 102 Å². The van der Waals surface area contributed by atoms with E-state index in [1.165, 1.54) is 11.3 Å². The van der Waals surface area contributed by atoms with E-state index in [1.807, 2.05) is 37.3 Å². The number of benzene rings is 1. The van der Waals surface area contributed by atoms with Gasteiger partial charge in [0, 0.05) is 0 Å². The summed E-state index contributed by atoms with van der Waals surface area (Å²) in [7, 11) is 0. The first-order valence-corrected chi connectivity index (χ1v) is 6.06. The number of aromatic nitrogens is 4. The number of rotatable bonds is 2. The summed E-state index contributed by atoms with van der Waals surface area (Å²) in [6, 6.07) is 10.2. The molecule has 0 atom stereocenters. The molecule has 0 unspecified atom stereocenters. The van der Waals surface area contributed by atoms with Crippen molar-refractivity contribution >= 4 is 28.4 Å². The summed E-state index contributed by atoms with van der Waals surface area (Å²) in [6.45, 7) is 1.89.